The van der Waals surface area contributed by atoms with Crippen LogP contribution in [0.15, 0.2) is 36.4 Å². The fraction of sp³-hybridized carbons (Fsp3) is 0.188. The van der Waals surface area contributed by atoms with Gasteiger partial charge >= 0.3 is 0 Å². The molecule has 0 aromatic heterocycles. The summed E-state index contributed by atoms with van der Waals surface area (Å²) in [5.74, 6) is 0.375. The van der Waals surface area contributed by atoms with Crippen LogP contribution in [0.25, 0.3) is 0 Å². The quantitative estimate of drug-likeness (QED) is 0.873. The number of hydrogen-bond acceptors (Lipinski definition) is 2. The van der Waals surface area contributed by atoms with E-state index in [1.165, 1.54) is 6.07 Å². The summed E-state index contributed by atoms with van der Waals surface area (Å²) in [4.78, 5) is 0.186. The third kappa shape index (κ3) is 3.54. The minimum absolute atomic E-state index is 0.173. The number of rotatable bonds is 4. The SMILES string of the molecule is Cc1cc(C)cc(OCc2ccc(C(N)=S)cc2F)c1. The number of nitrogens with two attached hydrogens (primary N) is 1. The zero-order valence-electron chi connectivity index (χ0n) is 11.4. The van der Waals surface area contributed by atoms with E-state index in [1.807, 2.05) is 26.0 Å². The van der Waals surface area contributed by atoms with Crippen molar-refractivity contribution in [1.29, 1.82) is 0 Å². The molecule has 2 nitrogen and oxygen atoms in total. The molecule has 0 fully saturated rings. The van der Waals surface area contributed by atoms with E-state index >= 15 is 0 Å². The van der Waals surface area contributed by atoms with E-state index in [0.717, 1.165) is 16.9 Å². The Kier molecular flexibility index (Phi) is 4.35. The van der Waals surface area contributed by atoms with Crippen LogP contribution in [-0.2, 0) is 6.61 Å². The molecule has 0 saturated carbocycles. The van der Waals surface area contributed by atoms with Gasteiger partial charge in [-0.3, -0.25) is 0 Å². The third-order valence-corrected chi connectivity index (χ3v) is 3.16. The number of hydrogen-bond donors (Lipinski definition) is 1. The Hall–Kier alpha value is -1.94. The standard InChI is InChI=1S/C16H16FNOS/c1-10-5-11(2)7-14(6-10)19-9-13-4-3-12(16(18)20)8-15(13)17/h3-8H,9H2,1-2H3,(H2,18,20). The second-order valence-electron chi connectivity index (χ2n) is 4.78. The van der Waals surface area contributed by atoms with Crippen LogP contribution in [0.5, 0.6) is 5.75 Å². The number of halogens is 1. The lowest BCUT2D eigenvalue weighted by Crippen LogP contribution is -2.10. The fourth-order valence-electron chi connectivity index (χ4n) is 1.99. The monoisotopic (exact) mass is 289 g/mol. The van der Waals surface area contributed by atoms with Gasteiger partial charge in [0.25, 0.3) is 0 Å². The van der Waals surface area contributed by atoms with Gasteiger partial charge in [0, 0.05) is 11.1 Å². The summed E-state index contributed by atoms with van der Waals surface area (Å²) < 4.78 is 19.5. The number of benzene rings is 2. The topological polar surface area (TPSA) is 35.2 Å². The van der Waals surface area contributed by atoms with Gasteiger partial charge in [0.15, 0.2) is 0 Å². The van der Waals surface area contributed by atoms with Crippen LogP contribution in [-0.4, -0.2) is 4.99 Å². The van der Waals surface area contributed by atoms with Gasteiger partial charge in [-0.1, -0.05) is 30.4 Å². The van der Waals surface area contributed by atoms with Gasteiger partial charge < -0.3 is 10.5 Å². The summed E-state index contributed by atoms with van der Waals surface area (Å²) in [7, 11) is 0. The molecule has 0 aliphatic heterocycles. The normalized spacial score (nSPS) is 10.3. The van der Waals surface area contributed by atoms with Crippen LogP contribution >= 0.6 is 12.2 Å². The van der Waals surface area contributed by atoms with E-state index in [9.17, 15) is 4.39 Å². The lowest BCUT2D eigenvalue weighted by molar-refractivity contribution is 0.299. The Labute approximate surface area is 123 Å². The van der Waals surface area contributed by atoms with Gasteiger partial charge in [-0.05, 0) is 43.2 Å². The van der Waals surface area contributed by atoms with E-state index < -0.39 is 0 Å². The van der Waals surface area contributed by atoms with Gasteiger partial charge in [0.2, 0.25) is 0 Å². The second kappa shape index (κ2) is 6.01. The van der Waals surface area contributed by atoms with E-state index in [4.69, 9.17) is 22.7 Å². The van der Waals surface area contributed by atoms with E-state index in [-0.39, 0.29) is 17.4 Å². The van der Waals surface area contributed by atoms with Gasteiger partial charge in [0.1, 0.15) is 23.2 Å². The molecule has 0 amide bonds. The van der Waals surface area contributed by atoms with Crippen LogP contribution in [0.2, 0.25) is 0 Å². The predicted octanol–water partition coefficient (Wildman–Crippen LogP) is 3.66. The molecule has 0 aliphatic rings. The maximum atomic E-state index is 13.9. The van der Waals surface area contributed by atoms with Crippen molar-refractivity contribution in [2.24, 2.45) is 5.73 Å². The smallest absolute Gasteiger partial charge is 0.130 e. The fourth-order valence-corrected chi connectivity index (χ4v) is 2.12. The minimum Gasteiger partial charge on any atom is -0.489 e. The molecule has 2 rings (SSSR count). The first-order valence-corrected chi connectivity index (χ1v) is 6.66. The van der Waals surface area contributed by atoms with Crippen molar-refractivity contribution < 1.29 is 9.13 Å². The van der Waals surface area contributed by atoms with Gasteiger partial charge in [-0.25, -0.2) is 4.39 Å². The molecule has 4 heteroatoms. The number of aryl methyl sites for hydroxylation is 2. The highest BCUT2D eigenvalue weighted by molar-refractivity contribution is 7.80. The van der Waals surface area contributed by atoms with Gasteiger partial charge in [-0.15, -0.1) is 0 Å². The predicted molar refractivity (Wildman–Crippen MR) is 82.5 cm³/mol. The molecule has 0 radical (unpaired) electrons. The van der Waals surface area contributed by atoms with E-state index in [2.05, 4.69) is 6.07 Å². The van der Waals surface area contributed by atoms with Crippen LogP contribution in [0.1, 0.15) is 22.3 Å². The zero-order chi connectivity index (χ0) is 14.7. The molecule has 2 aromatic carbocycles. The van der Waals surface area contributed by atoms with Crippen molar-refractivity contribution in [3.05, 3.63) is 64.5 Å². The van der Waals surface area contributed by atoms with Crippen LogP contribution < -0.4 is 10.5 Å². The molecule has 0 aliphatic carbocycles. The summed E-state index contributed by atoms with van der Waals surface area (Å²) in [6, 6.07) is 10.6. The molecule has 0 atom stereocenters. The average molecular weight is 289 g/mol. The average Bonchev–Trinajstić information content (AvgIpc) is 2.36. The Morgan fingerprint density at radius 1 is 1.15 bits per heavy atom. The highest BCUT2D eigenvalue weighted by atomic mass is 32.1. The molecule has 2 N–H and O–H groups in total. The molecule has 0 spiro atoms. The summed E-state index contributed by atoms with van der Waals surface area (Å²) in [6.07, 6.45) is 0. The van der Waals surface area contributed by atoms with Crippen molar-refractivity contribution in [3.8, 4) is 5.75 Å². The summed E-state index contributed by atoms with van der Waals surface area (Å²) in [5.41, 5.74) is 8.69. The molecule has 0 bridgehead atoms. The minimum atomic E-state index is -0.361. The summed E-state index contributed by atoms with van der Waals surface area (Å²) in [6.45, 7) is 4.17. The highest BCUT2D eigenvalue weighted by Gasteiger charge is 2.06. The lowest BCUT2D eigenvalue weighted by Gasteiger charge is -2.10. The van der Waals surface area contributed by atoms with E-state index in [0.29, 0.717) is 11.1 Å². The number of ether oxygens (including phenoxy) is 1. The van der Waals surface area contributed by atoms with Crippen molar-refractivity contribution >= 4 is 17.2 Å². The van der Waals surface area contributed by atoms with Crippen molar-refractivity contribution in [3.63, 3.8) is 0 Å². The summed E-state index contributed by atoms with van der Waals surface area (Å²) in [5, 5.41) is 0. The van der Waals surface area contributed by atoms with Crippen LogP contribution in [0, 0.1) is 19.7 Å². The Morgan fingerprint density at radius 3 is 2.35 bits per heavy atom. The second-order valence-corrected chi connectivity index (χ2v) is 5.22. The number of thiocarbonyl (C=S) groups is 1. The van der Waals surface area contributed by atoms with Crippen molar-refractivity contribution in [1.82, 2.24) is 0 Å². The van der Waals surface area contributed by atoms with Crippen LogP contribution in [0.3, 0.4) is 0 Å². The zero-order valence-corrected chi connectivity index (χ0v) is 12.3. The van der Waals surface area contributed by atoms with Gasteiger partial charge in [-0.2, -0.15) is 0 Å². The molecule has 2 aromatic rings. The lowest BCUT2D eigenvalue weighted by atomic mass is 10.1. The highest BCUT2D eigenvalue weighted by Crippen LogP contribution is 2.19. The first-order chi connectivity index (χ1) is 9.45. The Morgan fingerprint density at radius 2 is 1.80 bits per heavy atom. The maximum Gasteiger partial charge on any atom is 0.130 e. The molecule has 20 heavy (non-hydrogen) atoms. The largest absolute Gasteiger partial charge is 0.489 e. The first-order valence-electron chi connectivity index (χ1n) is 6.25. The molecule has 104 valence electrons. The Bertz CT molecular complexity index is 635. The van der Waals surface area contributed by atoms with Crippen molar-refractivity contribution in [2.75, 3.05) is 0 Å². The maximum absolute atomic E-state index is 13.9. The van der Waals surface area contributed by atoms with E-state index in [1.54, 1.807) is 12.1 Å². The molecule has 0 saturated heterocycles. The first kappa shape index (κ1) is 14.5. The van der Waals surface area contributed by atoms with Gasteiger partial charge in [0.05, 0.1) is 0 Å². The van der Waals surface area contributed by atoms with Crippen LogP contribution in [0.4, 0.5) is 4.39 Å². The molecule has 0 heterocycles. The van der Waals surface area contributed by atoms with Crippen molar-refractivity contribution in [2.45, 2.75) is 20.5 Å². The molecular weight excluding hydrogens is 273 g/mol. The summed E-state index contributed by atoms with van der Waals surface area (Å²) >= 11 is 4.81. The molecule has 0 unspecified atom stereocenters. The third-order valence-electron chi connectivity index (χ3n) is 2.93. The molecular formula is C16H16FNOS. The Balaban J connectivity index is 2.12.